The van der Waals surface area contributed by atoms with E-state index < -0.39 is 0 Å². The lowest BCUT2D eigenvalue weighted by atomic mass is 10.2. The average Bonchev–Trinajstić information content (AvgIpc) is 2.19. The Hall–Kier alpha value is 0.0900. The van der Waals surface area contributed by atoms with Crippen LogP contribution in [0.1, 0.15) is 19.8 Å². The van der Waals surface area contributed by atoms with Gasteiger partial charge in [0.05, 0.1) is 0 Å². The molecule has 0 N–H and O–H groups in total. The molecule has 1 heterocycles. The molecule has 0 unspecified atom stereocenters. The Kier molecular flexibility index (Phi) is 2.47. The molecule has 1 heteroatoms. The molecule has 0 aromatic carbocycles. The highest BCUT2D eigenvalue weighted by Gasteiger charge is 2.01. The maximum absolute atomic E-state index is 2.37. The van der Waals surface area contributed by atoms with Crippen LogP contribution < -0.4 is 0 Å². The lowest BCUT2D eigenvalue weighted by molar-refractivity contribution is 0.911. The standard InChI is InChI=1S/C7H12S/c1-2-3-7-4-5-8-6-7/h4H,2-3,5-6H2,1H3. The van der Waals surface area contributed by atoms with Crippen molar-refractivity contribution in [2.24, 2.45) is 0 Å². The van der Waals surface area contributed by atoms with Crippen LogP contribution in [-0.4, -0.2) is 11.5 Å². The van der Waals surface area contributed by atoms with Gasteiger partial charge in [-0.15, -0.1) is 0 Å². The van der Waals surface area contributed by atoms with Gasteiger partial charge >= 0.3 is 0 Å². The van der Waals surface area contributed by atoms with Gasteiger partial charge in [-0.2, -0.15) is 11.8 Å². The molecule has 1 rings (SSSR count). The summed E-state index contributed by atoms with van der Waals surface area (Å²) in [6.45, 7) is 2.24. The van der Waals surface area contributed by atoms with Crippen LogP contribution in [0.2, 0.25) is 0 Å². The molecule has 1 aliphatic heterocycles. The van der Waals surface area contributed by atoms with E-state index in [1.165, 1.54) is 24.3 Å². The van der Waals surface area contributed by atoms with Gasteiger partial charge < -0.3 is 0 Å². The fourth-order valence-corrected chi connectivity index (χ4v) is 1.92. The Bertz CT molecular complexity index is 94.6. The van der Waals surface area contributed by atoms with E-state index in [0.29, 0.717) is 0 Å². The molecule has 0 atom stereocenters. The van der Waals surface area contributed by atoms with Crippen molar-refractivity contribution in [2.45, 2.75) is 19.8 Å². The molecule has 0 aromatic heterocycles. The van der Waals surface area contributed by atoms with Crippen molar-refractivity contribution in [3.05, 3.63) is 11.6 Å². The molecule has 0 radical (unpaired) electrons. The second-order valence-corrected chi connectivity index (χ2v) is 3.16. The molecule has 0 fully saturated rings. The zero-order valence-electron chi connectivity index (χ0n) is 5.31. The van der Waals surface area contributed by atoms with Crippen LogP contribution in [0.25, 0.3) is 0 Å². The van der Waals surface area contributed by atoms with E-state index in [1.807, 2.05) is 11.8 Å². The second kappa shape index (κ2) is 3.18. The van der Waals surface area contributed by atoms with E-state index in [0.717, 1.165) is 0 Å². The van der Waals surface area contributed by atoms with Gasteiger partial charge in [-0.25, -0.2) is 0 Å². The van der Waals surface area contributed by atoms with Crippen LogP contribution in [0.15, 0.2) is 11.6 Å². The molecule has 8 heavy (non-hydrogen) atoms. The van der Waals surface area contributed by atoms with E-state index in [-0.39, 0.29) is 0 Å². The number of hydrogen-bond acceptors (Lipinski definition) is 1. The Labute approximate surface area is 55.4 Å². The first kappa shape index (κ1) is 6.21. The Morgan fingerprint density at radius 3 is 3.12 bits per heavy atom. The predicted octanol–water partition coefficient (Wildman–Crippen LogP) is 2.46. The van der Waals surface area contributed by atoms with Gasteiger partial charge in [0.15, 0.2) is 0 Å². The molecule has 1 aliphatic rings. The van der Waals surface area contributed by atoms with E-state index in [1.54, 1.807) is 5.57 Å². The van der Waals surface area contributed by atoms with Crippen LogP contribution in [-0.2, 0) is 0 Å². The summed E-state index contributed by atoms with van der Waals surface area (Å²) in [5.74, 6) is 2.56. The van der Waals surface area contributed by atoms with Crippen molar-refractivity contribution in [1.82, 2.24) is 0 Å². The number of rotatable bonds is 2. The molecular weight excluding hydrogens is 116 g/mol. The third kappa shape index (κ3) is 1.55. The topological polar surface area (TPSA) is 0 Å². The van der Waals surface area contributed by atoms with E-state index in [2.05, 4.69) is 13.0 Å². The summed E-state index contributed by atoms with van der Waals surface area (Å²) in [6, 6.07) is 0. The van der Waals surface area contributed by atoms with Crippen molar-refractivity contribution in [2.75, 3.05) is 11.5 Å². The summed E-state index contributed by atoms with van der Waals surface area (Å²) in [5, 5.41) is 0. The summed E-state index contributed by atoms with van der Waals surface area (Å²) >= 11 is 2.03. The molecule has 0 aliphatic carbocycles. The molecule has 0 aromatic rings. The zero-order valence-corrected chi connectivity index (χ0v) is 6.13. The molecule has 0 amide bonds. The molecule has 0 spiro atoms. The Morgan fingerprint density at radius 2 is 2.62 bits per heavy atom. The number of hydrogen-bond donors (Lipinski definition) is 0. The molecule has 0 saturated carbocycles. The fraction of sp³-hybridized carbons (Fsp3) is 0.714. The SMILES string of the molecule is CCCC1=CCSC1. The van der Waals surface area contributed by atoms with Crippen molar-refractivity contribution in [3.63, 3.8) is 0 Å². The van der Waals surface area contributed by atoms with Gasteiger partial charge in [0.1, 0.15) is 0 Å². The Morgan fingerprint density at radius 1 is 1.75 bits per heavy atom. The monoisotopic (exact) mass is 128 g/mol. The molecular formula is C7H12S. The number of thioether (sulfide) groups is 1. The highest BCUT2D eigenvalue weighted by atomic mass is 32.2. The van der Waals surface area contributed by atoms with Crippen molar-refractivity contribution in [3.8, 4) is 0 Å². The van der Waals surface area contributed by atoms with E-state index in [9.17, 15) is 0 Å². The highest BCUT2D eigenvalue weighted by Crippen LogP contribution is 2.20. The van der Waals surface area contributed by atoms with Crippen molar-refractivity contribution in [1.29, 1.82) is 0 Å². The summed E-state index contributed by atoms with van der Waals surface area (Å²) < 4.78 is 0. The third-order valence-corrected chi connectivity index (χ3v) is 2.33. The van der Waals surface area contributed by atoms with Crippen LogP contribution >= 0.6 is 11.8 Å². The van der Waals surface area contributed by atoms with E-state index in [4.69, 9.17) is 0 Å². The summed E-state index contributed by atoms with van der Waals surface area (Å²) in [6.07, 6.45) is 5.01. The van der Waals surface area contributed by atoms with Gasteiger partial charge in [0.2, 0.25) is 0 Å². The van der Waals surface area contributed by atoms with Crippen LogP contribution in [0.4, 0.5) is 0 Å². The summed E-state index contributed by atoms with van der Waals surface area (Å²) in [4.78, 5) is 0. The lowest BCUT2D eigenvalue weighted by Gasteiger charge is -1.93. The minimum absolute atomic E-state index is 1.26. The first-order valence-corrected chi connectivity index (χ1v) is 4.34. The maximum atomic E-state index is 2.37. The molecule has 0 nitrogen and oxygen atoms in total. The van der Waals surface area contributed by atoms with Gasteiger partial charge in [-0.05, 0) is 6.42 Å². The largest absolute Gasteiger partial charge is 0.153 e. The smallest absolute Gasteiger partial charge is 0.0146 e. The van der Waals surface area contributed by atoms with E-state index >= 15 is 0 Å². The second-order valence-electron chi connectivity index (χ2n) is 2.13. The average molecular weight is 128 g/mol. The summed E-state index contributed by atoms with van der Waals surface area (Å²) in [5.41, 5.74) is 1.66. The quantitative estimate of drug-likeness (QED) is 0.515. The van der Waals surface area contributed by atoms with Crippen LogP contribution in [0.3, 0.4) is 0 Å². The van der Waals surface area contributed by atoms with Crippen molar-refractivity contribution < 1.29 is 0 Å². The zero-order chi connectivity index (χ0) is 5.82. The van der Waals surface area contributed by atoms with Gasteiger partial charge in [-0.1, -0.05) is 25.0 Å². The minimum atomic E-state index is 1.26. The summed E-state index contributed by atoms with van der Waals surface area (Å²) in [7, 11) is 0. The fourth-order valence-electron chi connectivity index (χ4n) is 0.921. The predicted molar refractivity (Wildman–Crippen MR) is 40.3 cm³/mol. The minimum Gasteiger partial charge on any atom is -0.153 e. The maximum Gasteiger partial charge on any atom is 0.0146 e. The third-order valence-electron chi connectivity index (χ3n) is 1.35. The van der Waals surface area contributed by atoms with Gasteiger partial charge in [0, 0.05) is 11.5 Å². The first-order chi connectivity index (χ1) is 3.93. The highest BCUT2D eigenvalue weighted by molar-refractivity contribution is 7.99. The Balaban J connectivity index is 2.23. The molecule has 46 valence electrons. The first-order valence-electron chi connectivity index (χ1n) is 3.19. The molecule has 0 bridgehead atoms. The van der Waals surface area contributed by atoms with Gasteiger partial charge in [0.25, 0.3) is 0 Å². The van der Waals surface area contributed by atoms with Crippen molar-refractivity contribution >= 4 is 11.8 Å². The van der Waals surface area contributed by atoms with Gasteiger partial charge in [-0.3, -0.25) is 0 Å². The lowest BCUT2D eigenvalue weighted by Crippen LogP contribution is -1.78. The normalized spacial score (nSPS) is 18.9. The molecule has 0 saturated heterocycles. The van der Waals surface area contributed by atoms with Crippen LogP contribution in [0, 0.1) is 0 Å². The van der Waals surface area contributed by atoms with Crippen LogP contribution in [0.5, 0.6) is 0 Å².